The van der Waals surface area contributed by atoms with E-state index in [0.717, 1.165) is 30.4 Å². The van der Waals surface area contributed by atoms with Crippen molar-refractivity contribution in [1.29, 1.82) is 0 Å². The summed E-state index contributed by atoms with van der Waals surface area (Å²) in [6, 6.07) is 4.80. The van der Waals surface area contributed by atoms with Gasteiger partial charge >= 0.3 is 0 Å². The van der Waals surface area contributed by atoms with Gasteiger partial charge in [0.1, 0.15) is 5.82 Å². The van der Waals surface area contributed by atoms with Crippen LogP contribution in [0, 0.1) is 12.7 Å². The fourth-order valence-corrected chi connectivity index (χ4v) is 2.02. The molecule has 3 heteroatoms. The first-order chi connectivity index (χ1) is 7.59. The van der Waals surface area contributed by atoms with E-state index in [0.29, 0.717) is 13.1 Å². The molecular weight excluding hydrogens is 205 g/mol. The van der Waals surface area contributed by atoms with E-state index in [1.165, 1.54) is 6.07 Å². The van der Waals surface area contributed by atoms with E-state index in [9.17, 15) is 9.50 Å². The molecule has 0 atom stereocenters. The molecule has 2 nitrogen and oxygen atoms in total. The largest absolute Gasteiger partial charge is 0.389 e. The van der Waals surface area contributed by atoms with Gasteiger partial charge in [0.05, 0.1) is 5.60 Å². The van der Waals surface area contributed by atoms with Crippen LogP contribution in [0.15, 0.2) is 18.2 Å². The molecule has 1 fully saturated rings. The molecule has 1 aliphatic rings. The van der Waals surface area contributed by atoms with Crippen molar-refractivity contribution in [2.75, 3.05) is 6.54 Å². The first-order valence-corrected chi connectivity index (χ1v) is 5.77. The third kappa shape index (κ3) is 2.60. The Morgan fingerprint density at radius 1 is 1.44 bits per heavy atom. The number of aryl methyl sites for hydroxylation is 1. The molecule has 2 rings (SSSR count). The van der Waals surface area contributed by atoms with E-state index in [2.05, 4.69) is 5.32 Å². The summed E-state index contributed by atoms with van der Waals surface area (Å²) in [5.74, 6) is -0.204. The van der Waals surface area contributed by atoms with E-state index >= 15 is 0 Å². The molecule has 1 aromatic carbocycles. The Morgan fingerprint density at radius 2 is 2.19 bits per heavy atom. The van der Waals surface area contributed by atoms with Gasteiger partial charge in [-0.25, -0.2) is 4.39 Å². The molecule has 0 saturated heterocycles. The fraction of sp³-hybridized carbons (Fsp3) is 0.538. The van der Waals surface area contributed by atoms with Gasteiger partial charge in [-0.1, -0.05) is 6.07 Å². The average molecular weight is 223 g/mol. The lowest BCUT2D eigenvalue weighted by atomic mass is 9.80. The molecule has 0 heterocycles. The molecule has 0 radical (unpaired) electrons. The molecule has 0 aromatic heterocycles. The average Bonchev–Trinajstić information content (AvgIpc) is 2.21. The van der Waals surface area contributed by atoms with Crippen molar-refractivity contribution in [1.82, 2.24) is 5.32 Å². The zero-order chi connectivity index (χ0) is 11.6. The standard InChI is InChI=1S/C13H18FNO/c1-10-3-4-12(14)7-11(10)8-15-9-13(16)5-2-6-13/h3-4,7,15-16H,2,5-6,8-9H2,1H3. The molecule has 0 amide bonds. The molecular formula is C13H18FNO. The Hall–Kier alpha value is -0.930. The predicted molar refractivity (Wildman–Crippen MR) is 61.6 cm³/mol. The molecule has 1 aromatic rings. The highest BCUT2D eigenvalue weighted by atomic mass is 19.1. The van der Waals surface area contributed by atoms with Crippen LogP contribution in [0.25, 0.3) is 0 Å². The van der Waals surface area contributed by atoms with Gasteiger partial charge in [0.25, 0.3) is 0 Å². The third-order valence-corrected chi connectivity index (χ3v) is 3.36. The third-order valence-electron chi connectivity index (χ3n) is 3.36. The predicted octanol–water partition coefficient (Wildman–Crippen LogP) is 2.14. The Kier molecular flexibility index (Phi) is 3.26. The van der Waals surface area contributed by atoms with E-state index in [-0.39, 0.29) is 5.82 Å². The highest BCUT2D eigenvalue weighted by molar-refractivity contribution is 5.26. The molecule has 0 spiro atoms. The van der Waals surface area contributed by atoms with E-state index in [4.69, 9.17) is 0 Å². The Morgan fingerprint density at radius 3 is 2.81 bits per heavy atom. The number of hydrogen-bond acceptors (Lipinski definition) is 2. The maximum Gasteiger partial charge on any atom is 0.123 e. The molecule has 1 saturated carbocycles. The van der Waals surface area contributed by atoms with Crippen LogP contribution in [0.1, 0.15) is 30.4 Å². The summed E-state index contributed by atoms with van der Waals surface area (Å²) < 4.78 is 13.0. The van der Waals surface area contributed by atoms with Gasteiger partial charge in [-0.2, -0.15) is 0 Å². The van der Waals surface area contributed by atoms with Crippen LogP contribution in [0.4, 0.5) is 4.39 Å². The fourth-order valence-electron chi connectivity index (χ4n) is 2.02. The van der Waals surface area contributed by atoms with Crippen molar-refractivity contribution in [3.8, 4) is 0 Å². The van der Waals surface area contributed by atoms with Crippen molar-refractivity contribution >= 4 is 0 Å². The lowest BCUT2D eigenvalue weighted by Gasteiger charge is -2.36. The summed E-state index contributed by atoms with van der Waals surface area (Å²) in [6.45, 7) is 3.18. The van der Waals surface area contributed by atoms with Crippen LogP contribution in [-0.2, 0) is 6.54 Å². The SMILES string of the molecule is Cc1ccc(F)cc1CNCC1(O)CCC1. The molecule has 0 bridgehead atoms. The van der Waals surface area contributed by atoms with Crippen LogP contribution in [0.2, 0.25) is 0 Å². The van der Waals surface area contributed by atoms with Crippen molar-refractivity contribution in [3.63, 3.8) is 0 Å². The number of rotatable bonds is 4. The van der Waals surface area contributed by atoms with Crippen LogP contribution in [0.5, 0.6) is 0 Å². The first kappa shape index (κ1) is 11.6. The van der Waals surface area contributed by atoms with Crippen LogP contribution in [0.3, 0.4) is 0 Å². The topological polar surface area (TPSA) is 32.3 Å². The normalized spacial score (nSPS) is 18.2. The Balaban J connectivity index is 1.87. The number of aliphatic hydroxyl groups is 1. The summed E-state index contributed by atoms with van der Waals surface area (Å²) in [4.78, 5) is 0. The van der Waals surface area contributed by atoms with Gasteiger partial charge < -0.3 is 10.4 Å². The minimum absolute atomic E-state index is 0.204. The van der Waals surface area contributed by atoms with Gasteiger partial charge in [-0.3, -0.25) is 0 Å². The lowest BCUT2D eigenvalue weighted by molar-refractivity contribution is -0.0314. The number of halogens is 1. The van der Waals surface area contributed by atoms with Crippen LogP contribution in [-0.4, -0.2) is 17.3 Å². The molecule has 1 aliphatic carbocycles. The van der Waals surface area contributed by atoms with E-state index in [1.807, 2.05) is 6.92 Å². The molecule has 88 valence electrons. The summed E-state index contributed by atoms with van der Waals surface area (Å²) in [5, 5.41) is 13.1. The van der Waals surface area contributed by atoms with E-state index in [1.54, 1.807) is 12.1 Å². The number of benzene rings is 1. The molecule has 0 aliphatic heterocycles. The quantitative estimate of drug-likeness (QED) is 0.819. The van der Waals surface area contributed by atoms with Gasteiger partial charge in [0, 0.05) is 13.1 Å². The van der Waals surface area contributed by atoms with Crippen LogP contribution >= 0.6 is 0 Å². The monoisotopic (exact) mass is 223 g/mol. The smallest absolute Gasteiger partial charge is 0.123 e. The minimum atomic E-state index is -0.513. The maximum atomic E-state index is 13.0. The van der Waals surface area contributed by atoms with Gasteiger partial charge in [0.15, 0.2) is 0 Å². The zero-order valence-corrected chi connectivity index (χ0v) is 9.59. The summed E-state index contributed by atoms with van der Waals surface area (Å²) in [7, 11) is 0. The van der Waals surface area contributed by atoms with E-state index < -0.39 is 5.60 Å². The van der Waals surface area contributed by atoms with Crippen LogP contribution < -0.4 is 5.32 Å². The second kappa shape index (κ2) is 4.52. The summed E-state index contributed by atoms with van der Waals surface area (Å²) in [6.07, 6.45) is 2.86. The molecule has 0 unspecified atom stereocenters. The van der Waals surface area contributed by atoms with Crippen molar-refractivity contribution in [3.05, 3.63) is 35.1 Å². The Labute approximate surface area is 95.5 Å². The van der Waals surface area contributed by atoms with Gasteiger partial charge in [-0.15, -0.1) is 0 Å². The lowest BCUT2D eigenvalue weighted by Crippen LogP contribution is -2.46. The second-order valence-electron chi connectivity index (χ2n) is 4.75. The van der Waals surface area contributed by atoms with Crippen molar-refractivity contribution < 1.29 is 9.50 Å². The summed E-state index contributed by atoms with van der Waals surface area (Å²) in [5.41, 5.74) is 1.53. The molecule has 2 N–H and O–H groups in total. The number of hydrogen-bond donors (Lipinski definition) is 2. The van der Waals surface area contributed by atoms with Gasteiger partial charge in [0.2, 0.25) is 0 Å². The Bertz CT molecular complexity index is 374. The highest BCUT2D eigenvalue weighted by Crippen LogP contribution is 2.30. The number of nitrogens with one attached hydrogen (secondary N) is 1. The zero-order valence-electron chi connectivity index (χ0n) is 9.59. The second-order valence-corrected chi connectivity index (χ2v) is 4.75. The molecule has 16 heavy (non-hydrogen) atoms. The highest BCUT2D eigenvalue weighted by Gasteiger charge is 2.33. The van der Waals surface area contributed by atoms with Crippen molar-refractivity contribution in [2.45, 2.75) is 38.3 Å². The van der Waals surface area contributed by atoms with Crippen molar-refractivity contribution in [2.24, 2.45) is 0 Å². The van der Waals surface area contributed by atoms with Gasteiger partial charge in [-0.05, 0) is 49.4 Å². The summed E-state index contributed by atoms with van der Waals surface area (Å²) >= 11 is 0. The minimum Gasteiger partial charge on any atom is -0.389 e. The maximum absolute atomic E-state index is 13.0. The first-order valence-electron chi connectivity index (χ1n) is 5.77.